The van der Waals surface area contributed by atoms with Crippen LogP contribution in [-0.4, -0.2) is 21.8 Å². The highest BCUT2D eigenvalue weighted by Crippen LogP contribution is 2.21. The summed E-state index contributed by atoms with van der Waals surface area (Å²) in [6.45, 7) is 1.06. The maximum Gasteiger partial charge on any atom is 0.255 e. The molecule has 0 spiro atoms. The summed E-state index contributed by atoms with van der Waals surface area (Å²) in [4.78, 5) is 24.2. The zero-order chi connectivity index (χ0) is 20.8. The monoisotopic (exact) mass is 398 g/mol. The van der Waals surface area contributed by atoms with Gasteiger partial charge in [0.05, 0.1) is 12.2 Å². The van der Waals surface area contributed by atoms with Gasteiger partial charge in [0.15, 0.2) is 5.96 Å². The Bertz CT molecular complexity index is 1170. The van der Waals surface area contributed by atoms with Gasteiger partial charge in [-0.15, -0.1) is 0 Å². The summed E-state index contributed by atoms with van der Waals surface area (Å²) in [5.41, 5.74) is 10.1. The van der Waals surface area contributed by atoms with E-state index in [1.165, 1.54) is 0 Å². The fourth-order valence-electron chi connectivity index (χ4n) is 3.05. The number of nitrogens with one attached hydrogen (secondary N) is 3. The van der Waals surface area contributed by atoms with E-state index in [9.17, 15) is 4.79 Å². The molecule has 1 amide bonds. The van der Waals surface area contributed by atoms with E-state index in [0.29, 0.717) is 24.6 Å². The lowest BCUT2D eigenvalue weighted by atomic mass is 10.1. The largest absolute Gasteiger partial charge is 0.370 e. The van der Waals surface area contributed by atoms with Crippen LogP contribution in [0, 0.1) is 0 Å². The first kappa shape index (κ1) is 19.2. The van der Waals surface area contributed by atoms with E-state index >= 15 is 0 Å². The lowest BCUT2D eigenvalue weighted by molar-refractivity contribution is 0.102. The molecule has 2 heterocycles. The average Bonchev–Trinajstić information content (AvgIpc) is 3.27. The molecule has 0 bridgehead atoms. The highest BCUT2D eigenvalue weighted by Gasteiger charge is 2.09. The summed E-state index contributed by atoms with van der Waals surface area (Å²) in [5, 5.41) is 6.90. The SMILES string of the molecule is NC(=NCc1ccccc1)NCc1ccc(C(=O)Nc2ccnc3[nH]ccc23)cc1. The van der Waals surface area contributed by atoms with Gasteiger partial charge >= 0.3 is 0 Å². The number of amides is 1. The van der Waals surface area contributed by atoms with Gasteiger partial charge in [0.2, 0.25) is 0 Å². The van der Waals surface area contributed by atoms with Gasteiger partial charge in [0, 0.05) is 29.9 Å². The maximum absolute atomic E-state index is 12.6. The van der Waals surface area contributed by atoms with E-state index in [4.69, 9.17) is 5.73 Å². The zero-order valence-corrected chi connectivity index (χ0v) is 16.3. The van der Waals surface area contributed by atoms with Crippen molar-refractivity contribution < 1.29 is 4.79 Å². The number of carbonyl (C=O) groups is 1. The highest BCUT2D eigenvalue weighted by molar-refractivity contribution is 6.08. The number of nitrogens with zero attached hydrogens (tertiary/aromatic N) is 2. The minimum atomic E-state index is -0.174. The zero-order valence-electron chi connectivity index (χ0n) is 16.3. The molecule has 0 aliphatic carbocycles. The second-order valence-corrected chi connectivity index (χ2v) is 6.79. The fourth-order valence-corrected chi connectivity index (χ4v) is 3.05. The molecule has 0 aliphatic heterocycles. The first-order chi connectivity index (χ1) is 14.7. The smallest absolute Gasteiger partial charge is 0.255 e. The number of anilines is 1. The summed E-state index contributed by atoms with van der Waals surface area (Å²) >= 11 is 0. The molecule has 0 atom stereocenters. The first-order valence-electron chi connectivity index (χ1n) is 9.59. The Morgan fingerprint density at radius 2 is 1.80 bits per heavy atom. The highest BCUT2D eigenvalue weighted by atomic mass is 16.1. The summed E-state index contributed by atoms with van der Waals surface area (Å²) in [6.07, 6.45) is 3.46. The number of benzene rings is 2. The van der Waals surface area contributed by atoms with Crippen molar-refractivity contribution in [3.63, 3.8) is 0 Å². The van der Waals surface area contributed by atoms with Gasteiger partial charge in [0.1, 0.15) is 5.65 Å². The number of hydrogen-bond acceptors (Lipinski definition) is 3. The number of H-pyrrole nitrogens is 1. The van der Waals surface area contributed by atoms with Crippen molar-refractivity contribution in [3.05, 3.63) is 95.8 Å². The topological polar surface area (TPSA) is 108 Å². The average molecular weight is 398 g/mol. The minimum absolute atomic E-state index is 0.174. The number of nitrogens with two attached hydrogens (primary N) is 1. The molecule has 150 valence electrons. The molecule has 5 N–H and O–H groups in total. The molecular weight excluding hydrogens is 376 g/mol. The third-order valence-corrected chi connectivity index (χ3v) is 4.67. The Kier molecular flexibility index (Phi) is 5.70. The first-order valence-corrected chi connectivity index (χ1v) is 9.59. The van der Waals surface area contributed by atoms with Crippen molar-refractivity contribution in [2.75, 3.05) is 5.32 Å². The third kappa shape index (κ3) is 4.64. The molecule has 0 unspecified atom stereocenters. The standard InChI is InChI=1S/C23H22N6O/c24-23(27-14-16-4-2-1-3-5-16)28-15-17-6-8-18(9-7-17)22(30)29-20-11-13-26-21-19(20)10-12-25-21/h1-13H,14-15H2,(H3,24,27,28)(H2,25,26,29,30). The van der Waals surface area contributed by atoms with Gasteiger partial charge < -0.3 is 21.4 Å². The van der Waals surface area contributed by atoms with Crippen LogP contribution in [0.3, 0.4) is 0 Å². The number of hydrogen-bond donors (Lipinski definition) is 4. The van der Waals surface area contributed by atoms with Crippen LogP contribution in [0.25, 0.3) is 11.0 Å². The van der Waals surface area contributed by atoms with E-state index in [1.54, 1.807) is 30.6 Å². The number of aromatic amines is 1. The molecule has 2 aromatic carbocycles. The molecule has 4 aromatic rings. The second-order valence-electron chi connectivity index (χ2n) is 6.79. The molecule has 7 heteroatoms. The van der Waals surface area contributed by atoms with Gasteiger partial charge in [-0.3, -0.25) is 4.79 Å². The molecule has 2 aromatic heterocycles. The molecular formula is C23H22N6O. The van der Waals surface area contributed by atoms with Crippen molar-refractivity contribution >= 4 is 28.6 Å². The Labute approximate surface area is 174 Å². The molecule has 4 rings (SSSR count). The summed E-state index contributed by atoms with van der Waals surface area (Å²) in [7, 11) is 0. The van der Waals surface area contributed by atoms with Gasteiger partial charge in [0.25, 0.3) is 5.91 Å². The van der Waals surface area contributed by atoms with Crippen LogP contribution < -0.4 is 16.4 Å². The molecule has 0 saturated heterocycles. The molecule has 7 nitrogen and oxygen atoms in total. The van der Waals surface area contributed by atoms with Crippen molar-refractivity contribution in [1.82, 2.24) is 15.3 Å². The van der Waals surface area contributed by atoms with Crippen LogP contribution in [0.1, 0.15) is 21.5 Å². The quantitative estimate of drug-likeness (QED) is 0.295. The van der Waals surface area contributed by atoms with Crippen molar-refractivity contribution in [2.45, 2.75) is 13.1 Å². The summed E-state index contributed by atoms with van der Waals surface area (Å²) in [5.74, 6) is 0.209. The Hall–Kier alpha value is -4.13. The van der Waals surface area contributed by atoms with Crippen LogP contribution >= 0.6 is 0 Å². The van der Waals surface area contributed by atoms with Crippen molar-refractivity contribution in [3.8, 4) is 0 Å². The van der Waals surface area contributed by atoms with Crippen LogP contribution in [0.5, 0.6) is 0 Å². The predicted molar refractivity (Wildman–Crippen MR) is 119 cm³/mol. The van der Waals surface area contributed by atoms with Crippen molar-refractivity contribution in [1.29, 1.82) is 0 Å². The Morgan fingerprint density at radius 3 is 2.60 bits per heavy atom. The number of pyridine rings is 1. The number of fused-ring (bicyclic) bond motifs is 1. The molecule has 0 aliphatic rings. The van der Waals surface area contributed by atoms with Gasteiger partial charge in [-0.05, 0) is 35.4 Å². The lowest BCUT2D eigenvalue weighted by Crippen LogP contribution is -2.31. The van der Waals surface area contributed by atoms with Gasteiger partial charge in [-0.25, -0.2) is 9.98 Å². The number of aromatic nitrogens is 2. The molecule has 0 radical (unpaired) electrons. The number of aliphatic imine (C=N–C) groups is 1. The van der Waals surface area contributed by atoms with E-state index in [2.05, 4.69) is 25.6 Å². The summed E-state index contributed by atoms with van der Waals surface area (Å²) < 4.78 is 0. The molecule has 0 saturated carbocycles. The lowest BCUT2D eigenvalue weighted by Gasteiger charge is -2.08. The van der Waals surface area contributed by atoms with Crippen LogP contribution in [0.2, 0.25) is 0 Å². The fraction of sp³-hybridized carbons (Fsp3) is 0.0870. The maximum atomic E-state index is 12.6. The van der Waals surface area contributed by atoms with Gasteiger partial charge in [-0.2, -0.15) is 0 Å². The number of guanidine groups is 1. The van der Waals surface area contributed by atoms with E-state index in [-0.39, 0.29) is 5.91 Å². The predicted octanol–water partition coefficient (Wildman–Crippen LogP) is 3.42. The Balaban J connectivity index is 1.33. The van der Waals surface area contributed by atoms with Crippen molar-refractivity contribution in [2.24, 2.45) is 10.7 Å². The third-order valence-electron chi connectivity index (χ3n) is 4.67. The van der Waals surface area contributed by atoms with E-state index in [1.807, 2.05) is 48.5 Å². The number of carbonyl (C=O) groups excluding carboxylic acids is 1. The van der Waals surface area contributed by atoms with Gasteiger partial charge in [-0.1, -0.05) is 42.5 Å². The number of rotatable bonds is 6. The van der Waals surface area contributed by atoms with Crippen LogP contribution in [0.15, 0.2) is 84.1 Å². The Morgan fingerprint density at radius 1 is 1.00 bits per heavy atom. The molecule has 0 fully saturated rings. The molecule has 30 heavy (non-hydrogen) atoms. The van der Waals surface area contributed by atoms with E-state index < -0.39 is 0 Å². The second kappa shape index (κ2) is 8.91. The van der Waals surface area contributed by atoms with Crippen LogP contribution in [-0.2, 0) is 13.1 Å². The van der Waals surface area contributed by atoms with Crippen LogP contribution in [0.4, 0.5) is 5.69 Å². The summed E-state index contributed by atoms with van der Waals surface area (Å²) in [6, 6.07) is 21.0. The van der Waals surface area contributed by atoms with E-state index in [0.717, 1.165) is 27.8 Å². The minimum Gasteiger partial charge on any atom is -0.370 e. The normalized spacial score (nSPS) is 11.4.